The molecule has 0 fully saturated rings. The smallest absolute Gasteiger partial charge is 0.185 e. The van der Waals surface area contributed by atoms with Gasteiger partial charge in [0, 0.05) is 0 Å². The van der Waals surface area contributed by atoms with Gasteiger partial charge in [-0.05, 0) is 18.6 Å². The van der Waals surface area contributed by atoms with Gasteiger partial charge in [-0.1, -0.05) is 12.2 Å². The van der Waals surface area contributed by atoms with E-state index >= 15 is 0 Å². The lowest BCUT2D eigenvalue weighted by atomic mass is 10.3. The molecule has 0 unspecified atom stereocenters. The Kier molecular flexibility index (Phi) is 1.63. The largest absolute Gasteiger partial charge is 0.336 e. The van der Waals surface area contributed by atoms with E-state index in [0.717, 1.165) is 24.1 Å². The van der Waals surface area contributed by atoms with Gasteiger partial charge in [0.25, 0.3) is 0 Å². The van der Waals surface area contributed by atoms with Gasteiger partial charge in [0.2, 0.25) is 0 Å². The average Bonchev–Trinajstić information content (AvgIpc) is 2.37. The minimum atomic E-state index is 0.385. The molecule has 1 aromatic heterocycles. The topological polar surface area (TPSA) is 45.8 Å². The molecule has 0 aromatic carbocycles. The summed E-state index contributed by atoms with van der Waals surface area (Å²) in [6, 6.07) is 0. The van der Waals surface area contributed by atoms with Crippen molar-refractivity contribution in [1.82, 2.24) is 9.97 Å². The molecular formula is C9H8N2O. The summed E-state index contributed by atoms with van der Waals surface area (Å²) in [4.78, 5) is 17.3. The van der Waals surface area contributed by atoms with Gasteiger partial charge in [-0.3, -0.25) is 4.79 Å². The van der Waals surface area contributed by atoms with E-state index < -0.39 is 0 Å². The molecule has 0 radical (unpaired) electrons. The third-order valence-corrected chi connectivity index (χ3v) is 1.72. The summed E-state index contributed by atoms with van der Waals surface area (Å²) in [5.41, 5.74) is 1.75. The highest BCUT2D eigenvalue weighted by Gasteiger charge is 2.04. The summed E-state index contributed by atoms with van der Waals surface area (Å²) in [7, 11) is 0. The fourth-order valence-electron chi connectivity index (χ4n) is 1.17. The summed E-state index contributed by atoms with van der Waals surface area (Å²) >= 11 is 0. The van der Waals surface area contributed by atoms with E-state index in [4.69, 9.17) is 0 Å². The van der Waals surface area contributed by atoms with Crippen LogP contribution >= 0.6 is 0 Å². The fraction of sp³-hybridized carbons (Fsp3) is 0.111. The van der Waals surface area contributed by atoms with Crippen LogP contribution in [0.2, 0.25) is 0 Å². The zero-order valence-corrected chi connectivity index (χ0v) is 6.45. The molecule has 3 nitrogen and oxygen atoms in total. The summed E-state index contributed by atoms with van der Waals surface area (Å²) in [6.07, 6.45) is 9.53. The van der Waals surface area contributed by atoms with Crippen molar-refractivity contribution in [1.29, 1.82) is 0 Å². The van der Waals surface area contributed by atoms with E-state index in [1.54, 1.807) is 0 Å². The molecule has 1 N–H and O–H groups in total. The second-order valence-electron chi connectivity index (χ2n) is 2.58. The molecule has 1 aromatic rings. The molecule has 2 rings (SSSR count). The summed E-state index contributed by atoms with van der Waals surface area (Å²) in [6.45, 7) is 0. The first-order valence-electron chi connectivity index (χ1n) is 3.78. The van der Waals surface area contributed by atoms with Crippen molar-refractivity contribution in [3.63, 3.8) is 0 Å². The van der Waals surface area contributed by atoms with Crippen molar-refractivity contribution in [3.8, 4) is 0 Å². The number of carbonyl (C=O) groups is 1. The van der Waals surface area contributed by atoms with Crippen LogP contribution in [-0.2, 0) is 0 Å². The van der Waals surface area contributed by atoms with Crippen molar-refractivity contribution in [2.45, 2.75) is 6.42 Å². The molecule has 0 bridgehead atoms. The van der Waals surface area contributed by atoms with Gasteiger partial charge in [-0.2, -0.15) is 0 Å². The Morgan fingerprint density at radius 2 is 2.25 bits per heavy atom. The number of imidazole rings is 1. The number of carbonyl (C=O) groups excluding carboxylic acids is 1. The van der Waals surface area contributed by atoms with Crippen LogP contribution < -0.4 is 0 Å². The molecule has 0 amide bonds. The van der Waals surface area contributed by atoms with Crippen molar-refractivity contribution in [3.05, 3.63) is 29.4 Å². The first-order chi connectivity index (χ1) is 5.90. The van der Waals surface area contributed by atoms with E-state index in [0.29, 0.717) is 5.82 Å². The summed E-state index contributed by atoms with van der Waals surface area (Å²) < 4.78 is 0. The second kappa shape index (κ2) is 2.77. The van der Waals surface area contributed by atoms with Crippen LogP contribution in [0.5, 0.6) is 0 Å². The third-order valence-electron chi connectivity index (χ3n) is 1.72. The average molecular weight is 160 g/mol. The molecule has 0 saturated heterocycles. The molecule has 0 saturated carbocycles. The molecule has 1 heterocycles. The predicted octanol–water partition coefficient (Wildman–Crippen LogP) is 1.65. The number of hydrogen-bond donors (Lipinski definition) is 1. The monoisotopic (exact) mass is 160 g/mol. The molecule has 1 aliphatic rings. The zero-order chi connectivity index (χ0) is 8.39. The van der Waals surface area contributed by atoms with Crippen LogP contribution in [0.15, 0.2) is 12.2 Å². The van der Waals surface area contributed by atoms with Crippen molar-refractivity contribution >= 4 is 18.4 Å². The van der Waals surface area contributed by atoms with Crippen LogP contribution in [0.25, 0.3) is 12.2 Å². The second-order valence-corrected chi connectivity index (χ2v) is 2.58. The van der Waals surface area contributed by atoms with E-state index in [-0.39, 0.29) is 0 Å². The quantitative estimate of drug-likeness (QED) is 0.635. The Morgan fingerprint density at radius 1 is 1.42 bits per heavy atom. The maximum atomic E-state index is 10.4. The predicted molar refractivity (Wildman–Crippen MR) is 46.7 cm³/mol. The molecule has 0 atom stereocenters. The Balaban J connectivity index is 2.53. The maximum absolute atomic E-state index is 10.4. The molecular weight excluding hydrogens is 152 g/mol. The van der Waals surface area contributed by atoms with Crippen molar-refractivity contribution in [2.24, 2.45) is 0 Å². The van der Waals surface area contributed by atoms with Gasteiger partial charge in [0.15, 0.2) is 12.1 Å². The van der Waals surface area contributed by atoms with Crippen molar-refractivity contribution in [2.75, 3.05) is 0 Å². The Hall–Kier alpha value is -1.64. The number of aldehydes is 1. The SMILES string of the molecule is O=Cc1nc2c([nH]1)C=CCC=C2. The molecule has 1 aliphatic carbocycles. The third kappa shape index (κ3) is 1.09. The van der Waals surface area contributed by atoms with Crippen LogP contribution in [0.4, 0.5) is 0 Å². The fourth-order valence-corrected chi connectivity index (χ4v) is 1.17. The molecule has 60 valence electrons. The Labute approximate surface area is 69.8 Å². The standard InChI is InChI=1S/C9H8N2O/c12-6-9-10-7-4-2-1-3-5-8(7)11-9/h2-6H,1H2,(H,10,11). The number of allylic oxidation sites excluding steroid dienone is 2. The van der Waals surface area contributed by atoms with Gasteiger partial charge >= 0.3 is 0 Å². The number of rotatable bonds is 1. The normalized spacial score (nSPS) is 14.0. The molecule has 0 spiro atoms. The van der Waals surface area contributed by atoms with Crippen LogP contribution in [0.1, 0.15) is 28.4 Å². The highest BCUT2D eigenvalue weighted by Crippen LogP contribution is 2.13. The lowest BCUT2D eigenvalue weighted by Crippen LogP contribution is -1.80. The number of nitrogens with zero attached hydrogens (tertiary/aromatic N) is 1. The van der Waals surface area contributed by atoms with E-state index in [2.05, 4.69) is 9.97 Å². The first kappa shape index (κ1) is 7.03. The van der Waals surface area contributed by atoms with Gasteiger partial charge in [0.05, 0.1) is 11.4 Å². The van der Waals surface area contributed by atoms with Gasteiger partial charge in [-0.15, -0.1) is 0 Å². The molecule has 3 heteroatoms. The van der Waals surface area contributed by atoms with E-state index in [1.807, 2.05) is 24.3 Å². The number of hydrogen-bond acceptors (Lipinski definition) is 2. The van der Waals surface area contributed by atoms with Gasteiger partial charge in [-0.25, -0.2) is 4.98 Å². The van der Waals surface area contributed by atoms with E-state index in [1.165, 1.54) is 0 Å². The van der Waals surface area contributed by atoms with Gasteiger partial charge < -0.3 is 4.98 Å². The maximum Gasteiger partial charge on any atom is 0.185 e. The van der Waals surface area contributed by atoms with Crippen LogP contribution in [0.3, 0.4) is 0 Å². The van der Waals surface area contributed by atoms with Crippen LogP contribution in [0, 0.1) is 0 Å². The number of nitrogens with one attached hydrogen (secondary N) is 1. The Morgan fingerprint density at radius 3 is 3.08 bits per heavy atom. The van der Waals surface area contributed by atoms with Gasteiger partial charge in [0.1, 0.15) is 0 Å². The summed E-state index contributed by atoms with van der Waals surface area (Å²) in [5, 5.41) is 0. The minimum Gasteiger partial charge on any atom is -0.336 e. The van der Waals surface area contributed by atoms with Crippen molar-refractivity contribution < 1.29 is 4.79 Å². The molecule has 12 heavy (non-hydrogen) atoms. The number of aromatic amines is 1. The number of aromatic nitrogens is 2. The number of fused-ring (bicyclic) bond motifs is 1. The minimum absolute atomic E-state index is 0.385. The lowest BCUT2D eigenvalue weighted by molar-refractivity contribution is 0.111. The zero-order valence-electron chi connectivity index (χ0n) is 6.45. The lowest BCUT2D eigenvalue weighted by Gasteiger charge is -1.83. The van der Waals surface area contributed by atoms with Crippen LogP contribution in [-0.4, -0.2) is 16.3 Å². The summed E-state index contributed by atoms with van der Waals surface area (Å²) in [5.74, 6) is 0.385. The van der Waals surface area contributed by atoms with E-state index in [9.17, 15) is 4.79 Å². The highest BCUT2D eigenvalue weighted by atomic mass is 16.1. The number of H-pyrrole nitrogens is 1. The Bertz CT molecular complexity index is 331. The molecule has 0 aliphatic heterocycles. The highest BCUT2D eigenvalue weighted by molar-refractivity contribution is 5.73. The first-order valence-corrected chi connectivity index (χ1v) is 3.78.